The molecule has 0 aliphatic carbocycles. The van der Waals surface area contributed by atoms with Gasteiger partial charge in [0.25, 0.3) is 5.69 Å². The predicted molar refractivity (Wildman–Crippen MR) is 80.1 cm³/mol. The summed E-state index contributed by atoms with van der Waals surface area (Å²) in [7, 11) is 0. The molecule has 6 heteroatoms. The van der Waals surface area contributed by atoms with Gasteiger partial charge in [-0.1, -0.05) is 40.2 Å². The second-order valence-corrected chi connectivity index (χ2v) is 4.97. The first kappa shape index (κ1) is 14.2. The average molecular weight is 335 g/mol. The molecular formula is C14H11BrN2O3. The van der Waals surface area contributed by atoms with Gasteiger partial charge in [0.2, 0.25) is 0 Å². The molecule has 20 heavy (non-hydrogen) atoms. The van der Waals surface area contributed by atoms with Crippen LogP contribution >= 0.6 is 15.9 Å². The minimum Gasteiger partial charge on any atom is -0.372 e. The highest BCUT2D eigenvalue weighted by Gasteiger charge is 2.13. The zero-order valence-corrected chi connectivity index (χ0v) is 12.0. The van der Waals surface area contributed by atoms with Crippen LogP contribution in [-0.2, 0) is 0 Å². The van der Waals surface area contributed by atoms with Crippen molar-refractivity contribution < 1.29 is 9.72 Å². The molecule has 2 aromatic carbocycles. The van der Waals surface area contributed by atoms with Crippen molar-refractivity contribution in [1.29, 1.82) is 0 Å². The van der Waals surface area contributed by atoms with Crippen LogP contribution in [0.2, 0.25) is 0 Å². The average Bonchev–Trinajstić information content (AvgIpc) is 2.45. The first-order valence-corrected chi connectivity index (χ1v) is 6.63. The quantitative estimate of drug-likeness (QED) is 0.514. The van der Waals surface area contributed by atoms with Gasteiger partial charge < -0.3 is 5.32 Å². The van der Waals surface area contributed by atoms with Gasteiger partial charge in [0.15, 0.2) is 5.78 Å². The van der Waals surface area contributed by atoms with Crippen molar-refractivity contribution in [2.24, 2.45) is 0 Å². The standard InChI is InChI=1S/C14H11BrN2O3/c15-11-7-5-10(6-8-11)14(18)9-16-12-3-1-2-4-13(12)17(19)20/h1-8,16H,9H2. The molecule has 0 saturated carbocycles. The maximum atomic E-state index is 12.0. The predicted octanol–water partition coefficient (Wildman–Crippen LogP) is 3.65. The van der Waals surface area contributed by atoms with Gasteiger partial charge in [-0.2, -0.15) is 0 Å². The number of halogens is 1. The minimum absolute atomic E-state index is 0.00643. The molecule has 0 aromatic heterocycles. The van der Waals surface area contributed by atoms with Crippen LogP contribution in [0.4, 0.5) is 11.4 Å². The maximum Gasteiger partial charge on any atom is 0.292 e. The van der Waals surface area contributed by atoms with E-state index in [1.807, 2.05) is 0 Å². The summed E-state index contributed by atoms with van der Waals surface area (Å²) in [6, 6.07) is 13.2. The molecule has 0 bridgehead atoms. The molecule has 1 N–H and O–H groups in total. The zero-order chi connectivity index (χ0) is 14.5. The summed E-state index contributed by atoms with van der Waals surface area (Å²) in [5.74, 6) is -0.129. The van der Waals surface area contributed by atoms with Crippen molar-refractivity contribution in [2.75, 3.05) is 11.9 Å². The maximum absolute atomic E-state index is 12.0. The number of hydrogen-bond donors (Lipinski definition) is 1. The molecular weight excluding hydrogens is 324 g/mol. The fourth-order valence-corrected chi connectivity index (χ4v) is 1.96. The fourth-order valence-electron chi connectivity index (χ4n) is 1.70. The lowest BCUT2D eigenvalue weighted by Gasteiger charge is -2.06. The van der Waals surface area contributed by atoms with E-state index in [1.165, 1.54) is 6.07 Å². The van der Waals surface area contributed by atoms with Crippen molar-refractivity contribution in [3.05, 3.63) is 68.7 Å². The number of carbonyl (C=O) groups excluding carboxylic acids is 1. The van der Waals surface area contributed by atoms with Crippen LogP contribution in [0.3, 0.4) is 0 Å². The van der Waals surface area contributed by atoms with Crippen LogP contribution in [0.25, 0.3) is 0 Å². The van der Waals surface area contributed by atoms with E-state index in [0.29, 0.717) is 11.3 Å². The van der Waals surface area contributed by atoms with Gasteiger partial charge in [0.1, 0.15) is 5.69 Å². The summed E-state index contributed by atoms with van der Waals surface area (Å²) in [5, 5.41) is 13.7. The molecule has 2 aromatic rings. The number of hydrogen-bond acceptors (Lipinski definition) is 4. The number of carbonyl (C=O) groups is 1. The van der Waals surface area contributed by atoms with Crippen LogP contribution in [0.15, 0.2) is 53.0 Å². The largest absolute Gasteiger partial charge is 0.372 e. The lowest BCUT2D eigenvalue weighted by atomic mass is 10.1. The Bertz CT molecular complexity index is 641. The highest BCUT2D eigenvalue weighted by molar-refractivity contribution is 9.10. The van der Waals surface area contributed by atoms with Crippen LogP contribution < -0.4 is 5.32 Å². The Morgan fingerprint density at radius 2 is 1.80 bits per heavy atom. The van der Waals surface area contributed by atoms with Gasteiger partial charge in [-0.15, -0.1) is 0 Å². The van der Waals surface area contributed by atoms with Gasteiger partial charge in [-0.25, -0.2) is 0 Å². The van der Waals surface area contributed by atoms with Gasteiger partial charge in [-0.05, 0) is 18.2 Å². The summed E-state index contributed by atoms with van der Waals surface area (Å²) >= 11 is 3.29. The van der Waals surface area contributed by atoms with Gasteiger partial charge in [0, 0.05) is 16.1 Å². The topological polar surface area (TPSA) is 72.2 Å². The molecule has 0 heterocycles. The monoisotopic (exact) mass is 334 g/mol. The number of nitro groups is 1. The molecule has 0 aliphatic heterocycles. The lowest BCUT2D eigenvalue weighted by Crippen LogP contribution is -2.14. The Labute approximate surface area is 123 Å². The normalized spacial score (nSPS) is 10.1. The summed E-state index contributed by atoms with van der Waals surface area (Å²) < 4.78 is 0.890. The molecule has 0 spiro atoms. The number of ketones is 1. The first-order chi connectivity index (χ1) is 9.58. The van der Waals surface area contributed by atoms with E-state index < -0.39 is 4.92 Å². The zero-order valence-electron chi connectivity index (χ0n) is 10.4. The molecule has 0 radical (unpaired) electrons. The van der Waals surface area contributed by atoms with Crippen molar-refractivity contribution in [3.63, 3.8) is 0 Å². The van der Waals surface area contributed by atoms with E-state index in [0.717, 1.165) is 4.47 Å². The number of para-hydroxylation sites is 2. The number of nitrogens with zero attached hydrogens (tertiary/aromatic N) is 1. The smallest absolute Gasteiger partial charge is 0.292 e. The summed E-state index contributed by atoms with van der Waals surface area (Å²) in [6.07, 6.45) is 0. The molecule has 0 saturated heterocycles. The molecule has 0 fully saturated rings. The molecule has 2 rings (SSSR count). The number of nitrogens with one attached hydrogen (secondary N) is 1. The molecule has 0 amide bonds. The van der Waals surface area contributed by atoms with Gasteiger partial charge in [0.05, 0.1) is 11.5 Å². The first-order valence-electron chi connectivity index (χ1n) is 5.84. The van der Waals surface area contributed by atoms with E-state index in [2.05, 4.69) is 21.2 Å². The van der Waals surface area contributed by atoms with E-state index >= 15 is 0 Å². The van der Waals surface area contributed by atoms with Crippen LogP contribution in [0, 0.1) is 10.1 Å². The van der Waals surface area contributed by atoms with Crippen molar-refractivity contribution in [2.45, 2.75) is 0 Å². The second-order valence-electron chi connectivity index (χ2n) is 4.06. The molecule has 0 unspecified atom stereocenters. The minimum atomic E-state index is -0.480. The van der Waals surface area contributed by atoms with E-state index in [-0.39, 0.29) is 18.0 Å². The van der Waals surface area contributed by atoms with Crippen molar-refractivity contribution >= 4 is 33.1 Å². The van der Waals surface area contributed by atoms with Crippen molar-refractivity contribution in [1.82, 2.24) is 0 Å². The Balaban J connectivity index is 2.07. The molecule has 0 aliphatic rings. The Hall–Kier alpha value is -2.21. The third-order valence-corrected chi connectivity index (χ3v) is 3.24. The third-order valence-electron chi connectivity index (χ3n) is 2.71. The fraction of sp³-hybridized carbons (Fsp3) is 0.0714. The Morgan fingerprint density at radius 3 is 2.45 bits per heavy atom. The van der Waals surface area contributed by atoms with Crippen LogP contribution in [0.1, 0.15) is 10.4 Å². The Morgan fingerprint density at radius 1 is 1.15 bits per heavy atom. The second kappa shape index (κ2) is 6.29. The summed E-state index contributed by atoms with van der Waals surface area (Å²) in [5.41, 5.74) is 0.846. The molecule has 5 nitrogen and oxygen atoms in total. The summed E-state index contributed by atoms with van der Waals surface area (Å²) in [6.45, 7) is 0.00643. The highest BCUT2D eigenvalue weighted by Crippen LogP contribution is 2.23. The van der Waals surface area contributed by atoms with Gasteiger partial charge >= 0.3 is 0 Å². The SMILES string of the molecule is O=C(CNc1ccccc1[N+](=O)[O-])c1ccc(Br)cc1. The highest BCUT2D eigenvalue weighted by atomic mass is 79.9. The van der Waals surface area contributed by atoms with Crippen molar-refractivity contribution in [3.8, 4) is 0 Å². The van der Waals surface area contributed by atoms with Gasteiger partial charge in [-0.3, -0.25) is 14.9 Å². The van der Waals surface area contributed by atoms with Crippen LogP contribution in [0.5, 0.6) is 0 Å². The van der Waals surface area contributed by atoms with Crippen LogP contribution in [-0.4, -0.2) is 17.3 Å². The molecule has 102 valence electrons. The van der Waals surface area contributed by atoms with E-state index in [1.54, 1.807) is 42.5 Å². The van der Waals surface area contributed by atoms with E-state index in [9.17, 15) is 14.9 Å². The number of nitro benzene ring substituents is 1. The number of anilines is 1. The number of rotatable bonds is 5. The number of Topliss-reactive ketones (excluding diaryl/α,β-unsaturated/α-hetero) is 1. The Kier molecular flexibility index (Phi) is 4.47. The number of benzene rings is 2. The summed E-state index contributed by atoms with van der Waals surface area (Å²) in [4.78, 5) is 22.3. The molecule has 0 atom stereocenters. The van der Waals surface area contributed by atoms with E-state index in [4.69, 9.17) is 0 Å². The lowest BCUT2D eigenvalue weighted by molar-refractivity contribution is -0.383. The third kappa shape index (κ3) is 3.42.